The lowest BCUT2D eigenvalue weighted by Crippen LogP contribution is -2.50. The zero-order valence-electron chi connectivity index (χ0n) is 14.4. The first-order valence-corrected chi connectivity index (χ1v) is 9.17. The average molecular weight is 359 g/mol. The van der Waals surface area contributed by atoms with Crippen molar-refractivity contribution in [2.45, 2.75) is 44.4 Å². The van der Waals surface area contributed by atoms with Gasteiger partial charge in [0.15, 0.2) is 0 Å². The summed E-state index contributed by atoms with van der Waals surface area (Å²) in [7, 11) is 0. The molecule has 2 N–H and O–H groups in total. The van der Waals surface area contributed by atoms with Gasteiger partial charge in [-0.15, -0.1) is 0 Å². The minimum Gasteiger partial charge on any atom is -0.370 e. The molecule has 3 heterocycles. The molecule has 132 valence electrons. The normalized spacial score (nSPS) is 26.6. The number of benzene rings is 1. The van der Waals surface area contributed by atoms with Gasteiger partial charge in [-0.1, -0.05) is 17.7 Å². The van der Waals surface area contributed by atoms with Crippen molar-refractivity contribution in [1.29, 1.82) is 0 Å². The van der Waals surface area contributed by atoms with Crippen LogP contribution < -0.4 is 5.73 Å². The number of anilines is 1. The standard InChI is InChI=1S/C19H23ClN4O/c1-13-9-19(17-8-16(20)3-2-15(17)4-7-25-19)5-6-24(13)12-14-10-22-18(21)23-11-14/h2-3,8,10-11,13H,4-7,9,12H2,1H3,(H2,21,22,23)/t13-,19+/m0/s1. The van der Waals surface area contributed by atoms with E-state index in [2.05, 4.69) is 33.9 Å². The minimum atomic E-state index is -0.202. The monoisotopic (exact) mass is 358 g/mol. The van der Waals surface area contributed by atoms with Crippen LogP contribution in [0.5, 0.6) is 0 Å². The summed E-state index contributed by atoms with van der Waals surface area (Å²) >= 11 is 6.27. The molecular weight excluding hydrogens is 336 g/mol. The van der Waals surface area contributed by atoms with Crippen LogP contribution in [-0.4, -0.2) is 34.1 Å². The van der Waals surface area contributed by atoms with Crippen LogP contribution in [0.4, 0.5) is 5.95 Å². The molecule has 0 aliphatic carbocycles. The third-order valence-electron chi connectivity index (χ3n) is 5.47. The number of likely N-dealkylation sites (tertiary alicyclic amines) is 1. The van der Waals surface area contributed by atoms with E-state index < -0.39 is 0 Å². The van der Waals surface area contributed by atoms with Crippen molar-refractivity contribution in [3.63, 3.8) is 0 Å². The highest BCUT2D eigenvalue weighted by molar-refractivity contribution is 6.30. The predicted molar refractivity (Wildman–Crippen MR) is 98.3 cm³/mol. The summed E-state index contributed by atoms with van der Waals surface area (Å²) in [5.41, 5.74) is 9.12. The fourth-order valence-electron chi connectivity index (χ4n) is 4.17. The number of fused-ring (bicyclic) bond motifs is 2. The number of nitrogen functional groups attached to an aromatic ring is 1. The summed E-state index contributed by atoms with van der Waals surface area (Å²) in [5.74, 6) is 0.318. The molecule has 1 saturated heterocycles. The van der Waals surface area contributed by atoms with E-state index in [9.17, 15) is 0 Å². The lowest BCUT2D eigenvalue weighted by molar-refractivity contribution is -0.113. The van der Waals surface area contributed by atoms with Crippen LogP contribution in [-0.2, 0) is 23.3 Å². The van der Waals surface area contributed by atoms with Gasteiger partial charge in [0.2, 0.25) is 5.95 Å². The molecule has 1 fully saturated rings. The molecule has 2 atom stereocenters. The second kappa shape index (κ2) is 6.56. The Labute approximate surface area is 153 Å². The molecule has 4 rings (SSSR count). The van der Waals surface area contributed by atoms with Crippen LogP contribution in [0, 0.1) is 0 Å². The van der Waals surface area contributed by atoms with E-state index in [4.69, 9.17) is 22.1 Å². The summed E-state index contributed by atoms with van der Waals surface area (Å²) in [6, 6.07) is 6.65. The van der Waals surface area contributed by atoms with Gasteiger partial charge >= 0.3 is 0 Å². The van der Waals surface area contributed by atoms with Crippen molar-refractivity contribution < 1.29 is 4.74 Å². The molecule has 2 aliphatic heterocycles. The maximum atomic E-state index is 6.35. The Hall–Kier alpha value is -1.69. The van der Waals surface area contributed by atoms with Crippen LogP contribution in [0.1, 0.15) is 36.5 Å². The third-order valence-corrected chi connectivity index (χ3v) is 5.71. The van der Waals surface area contributed by atoms with Crippen molar-refractivity contribution in [3.05, 3.63) is 52.3 Å². The van der Waals surface area contributed by atoms with Crippen LogP contribution in [0.3, 0.4) is 0 Å². The van der Waals surface area contributed by atoms with Gasteiger partial charge < -0.3 is 10.5 Å². The minimum absolute atomic E-state index is 0.202. The fourth-order valence-corrected chi connectivity index (χ4v) is 4.34. The number of hydrogen-bond acceptors (Lipinski definition) is 5. The number of nitrogens with two attached hydrogens (primary N) is 1. The zero-order valence-corrected chi connectivity index (χ0v) is 15.2. The van der Waals surface area contributed by atoms with Crippen LogP contribution >= 0.6 is 11.6 Å². The first-order chi connectivity index (χ1) is 12.1. The van der Waals surface area contributed by atoms with Gasteiger partial charge in [-0.05, 0) is 49.4 Å². The molecule has 1 aromatic carbocycles. The molecule has 25 heavy (non-hydrogen) atoms. The van der Waals surface area contributed by atoms with E-state index >= 15 is 0 Å². The Morgan fingerprint density at radius 2 is 2.16 bits per heavy atom. The van der Waals surface area contributed by atoms with Gasteiger partial charge in [-0.3, -0.25) is 4.90 Å². The van der Waals surface area contributed by atoms with Crippen molar-refractivity contribution >= 4 is 17.5 Å². The van der Waals surface area contributed by atoms with Crippen molar-refractivity contribution in [2.24, 2.45) is 0 Å². The summed E-state index contributed by atoms with van der Waals surface area (Å²) in [6.07, 6.45) is 6.53. The maximum absolute atomic E-state index is 6.35. The summed E-state index contributed by atoms with van der Waals surface area (Å²) in [4.78, 5) is 10.6. The highest BCUT2D eigenvalue weighted by atomic mass is 35.5. The Kier molecular flexibility index (Phi) is 4.40. The molecule has 0 bridgehead atoms. The van der Waals surface area contributed by atoms with Gasteiger partial charge in [0, 0.05) is 42.1 Å². The van der Waals surface area contributed by atoms with E-state index in [0.717, 1.165) is 49.5 Å². The lowest BCUT2D eigenvalue weighted by Gasteiger charge is -2.48. The van der Waals surface area contributed by atoms with Crippen molar-refractivity contribution in [2.75, 3.05) is 18.9 Å². The Morgan fingerprint density at radius 1 is 1.36 bits per heavy atom. The van der Waals surface area contributed by atoms with Gasteiger partial charge in [0.05, 0.1) is 12.2 Å². The smallest absolute Gasteiger partial charge is 0.219 e. The largest absolute Gasteiger partial charge is 0.370 e. The lowest BCUT2D eigenvalue weighted by atomic mass is 9.77. The Balaban J connectivity index is 1.54. The predicted octanol–water partition coefficient (Wildman–Crippen LogP) is 3.16. The van der Waals surface area contributed by atoms with E-state index in [1.165, 1.54) is 11.1 Å². The van der Waals surface area contributed by atoms with Crippen molar-refractivity contribution in [1.82, 2.24) is 14.9 Å². The third kappa shape index (κ3) is 3.24. The second-order valence-corrected chi connectivity index (χ2v) is 7.55. The number of halogens is 1. The highest BCUT2D eigenvalue weighted by Gasteiger charge is 2.43. The van der Waals surface area contributed by atoms with E-state index in [1.54, 1.807) is 0 Å². The first-order valence-electron chi connectivity index (χ1n) is 8.79. The quantitative estimate of drug-likeness (QED) is 0.893. The van der Waals surface area contributed by atoms with Gasteiger partial charge in [0.1, 0.15) is 0 Å². The molecule has 0 saturated carbocycles. The molecule has 5 nitrogen and oxygen atoms in total. The fraction of sp³-hybridized carbons (Fsp3) is 0.474. The van der Waals surface area contributed by atoms with E-state index in [-0.39, 0.29) is 5.60 Å². The molecule has 0 radical (unpaired) electrons. The highest BCUT2D eigenvalue weighted by Crippen LogP contribution is 2.44. The molecular formula is C19H23ClN4O. The van der Waals surface area contributed by atoms with Crippen LogP contribution in [0.15, 0.2) is 30.6 Å². The van der Waals surface area contributed by atoms with Gasteiger partial charge in [-0.2, -0.15) is 0 Å². The molecule has 1 aromatic heterocycles. The summed E-state index contributed by atoms with van der Waals surface area (Å²) in [5, 5.41) is 0.790. The van der Waals surface area contributed by atoms with E-state index in [0.29, 0.717) is 12.0 Å². The van der Waals surface area contributed by atoms with Gasteiger partial charge in [0.25, 0.3) is 0 Å². The Bertz CT molecular complexity index is 767. The second-order valence-electron chi connectivity index (χ2n) is 7.12. The molecule has 0 amide bonds. The number of aromatic nitrogens is 2. The van der Waals surface area contributed by atoms with Crippen molar-refractivity contribution in [3.8, 4) is 0 Å². The zero-order chi connectivity index (χ0) is 17.4. The molecule has 0 unspecified atom stereocenters. The first kappa shape index (κ1) is 16.8. The summed E-state index contributed by atoms with van der Waals surface area (Å²) < 4.78 is 6.35. The van der Waals surface area contributed by atoms with E-state index in [1.807, 2.05) is 18.5 Å². The van der Waals surface area contributed by atoms with Gasteiger partial charge in [-0.25, -0.2) is 9.97 Å². The number of hydrogen-bond donors (Lipinski definition) is 1. The average Bonchev–Trinajstić information content (AvgIpc) is 2.60. The van der Waals surface area contributed by atoms with Crippen LogP contribution in [0.2, 0.25) is 5.02 Å². The maximum Gasteiger partial charge on any atom is 0.219 e. The number of piperidine rings is 1. The topological polar surface area (TPSA) is 64.3 Å². The molecule has 1 spiro atoms. The summed E-state index contributed by atoms with van der Waals surface area (Å²) in [6.45, 7) is 4.85. The number of nitrogens with zero attached hydrogens (tertiary/aromatic N) is 3. The Morgan fingerprint density at radius 3 is 2.92 bits per heavy atom. The molecule has 6 heteroatoms. The number of ether oxygens (including phenoxy) is 1. The number of rotatable bonds is 2. The molecule has 2 aromatic rings. The SMILES string of the molecule is C[C@H]1C[C@@]2(CCN1Cc1cnc(N)nc1)OCCc1ccc(Cl)cc12. The van der Waals surface area contributed by atoms with Crippen LogP contribution in [0.25, 0.3) is 0 Å². The molecule has 2 aliphatic rings.